The molecule has 0 aliphatic rings. The Morgan fingerprint density at radius 1 is 1.03 bits per heavy atom. The van der Waals surface area contributed by atoms with Crippen molar-refractivity contribution in [1.82, 2.24) is 14.5 Å². The zero-order valence-electron chi connectivity index (χ0n) is 20.5. The number of benzene rings is 2. The lowest BCUT2D eigenvalue weighted by Crippen LogP contribution is -2.52. The minimum Gasteiger partial charge on any atom is -0.354 e. The number of hydrogen-bond donors (Lipinski definition) is 1. The molecule has 0 aliphatic heterocycles. The quantitative estimate of drug-likeness (QED) is 0.486. The molecule has 1 N–H and O–H groups in total. The SMILES string of the molecule is CC(C)CNC(=O)C(C)N(Cc1ccccc1Cl)C(=O)CN(c1ccc(F)cc1)S(=O)(=O)N(C)C. The average Bonchev–Trinajstić information content (AvgIpc) is 2.80. The number of rotatable bonds is 11. The van der Waals surface area contributed by atoms with Crippen molar-refractivity contribution in [3.63, 3.8) is 0 Å². The normalized spacial score (nSPS) is 12.5. The molecule has 1 unspecified atom stereocenters. The number of carbonyl (C=O) groups excluding carboxylic acids is 2. The first-order valence-electron chi connectivity index (χ1n) is 11.1. The Morgan fingerprint density at radius 2 is 1.63 bits per heavy atom. The summed E-state index contributed by atoms with van der Waals surface area (Å²) < 4.78 is 41.4. The topological polar surface area (TPSA) is 90.0 Å². The maximum absolute atomic E-state index is 13.6. The number of halogens is 2. The van der Waals surface area contributed by atoms with Crippen LogP contribution in [0.15, 0.2) is 48.5 Å². The van der Waals surface area contributed by atoms with Gasteiger partial charge in [-0.3, -0.25) is 9.59 Å². The largest absolute Gasteiger partial charge is 0.354 e. The molecule has 2 aromatic carbocycles. The van der Waals surface area contributed by atoms with Crippen LogP contribution in [0.25, 0.3) is 0 Å². The molecular weight excluding hydrogens is 495 g/mol. The van der Waals surface area contributed by atoms with Crippen LogP contribution in [0, 0.1) is 11.7 Å². The van der Waals surface area contributed by atoms with Gasteiger partial charge in [0.2, 0.25) is 11.8 Å². The molecule has 2 amide bonds. The van der Waals surface area contributed by atoms with Crippen molar-refractivity contribution in [2.24, 2.45) is 5.92 Å². The molecule has 0 saturated heterocycles. The second-order valence-electron chi connectivity index (χ2n) is 8.70. The molecule has 0 radical (unpaired) electrons. The molecule has 0 spiro atoms. The van der Waals surface area contributed by atoms with Gasteiger partial charge in [0.25, 0.3) is 0 Å². The molecule has 0 fully saturated rings. The first-order valence-corrected chi connectivity index (χ1v) is 12.9. The summed E-state index contributed by atoms with van der Waals surface area (Å²) in [5, 5.41) is 3.22. The zero-order valence-corrected chi connectivity index (χ0v) is 22.1. The van der Waals surface area contributed by atoms with Crippen molar-refractivity contribution in [3.05, 3.63) is 64.9 Å². The van der Waals surface area contributed by atoms with Gasteiger partial charge in [-0.05, 0) is 48.7 Å². The zero-order chi connectivity index (χ0) is 26.3. The van der Waals surface area contributed by atoms with Crippen molar-refractivity contribution in [2.75, 3.05) is 31.5 Å². The van der Waals surface area contributed by atoms with Crippen LogP contribution in [0.5, 0.6) is 0 Å². The van der Waals surface area contributed by atoms with E-state index in [1.807, 2.05) is 13.8 Å². The predicted molar refractivity (Wildman–Crippen MR) is 136 cm³/mol. The molecular formula is C24H32ClFN4O4S. The number of carbonyl (C=O) groups is 2. The summed E-state index contributed by atoms with van der Waals surface area (Å²) in [6.45, 7) is 5.29. The van der Waals surface area contributed by atoms with Crippen LogP contribution in [0.3, 0.4) is 0 Å². The highest BCUT2D eigenvalue weighted by Gasteiger charge is 2.32. The Morgan fingerprint density at radius 3 is 2.17 bits per heavy atom. The van der Waals surface area contributed by atoms with Crippen molar-refractivity contribution in [2.45, 2.75) is 33.4 Å². The molecule has 1 atom stereocenters. The molecule has 0 heterocycles. The van der Waals surface area contributed by atoms with Gasteiger partial charge in [-0.1, -0.05) is 43.6 Å². The number of hydrogen-bond acceptors (Lipinski definition) is 4. The molecule has 0 aliphatic carbocycles. The second-order valence-corrected chi connectivity index (χ2v) is 11.2. The van der Waals surface area contributed by atoms with E-state index in [1.54, 1.807) is 31.2 Å². The van der Waals surface area contributed by atoms with Gasteiger partial charge in [-0.25, -0.2) is 8.70 Å². The third-order valence-corrected chi connectivity index (χ3v) is 7.47. The molecule has 192 valence electrons. The number of nitrogens with one attached hydrogen (secondary N) is 1. The highest BCUT2D eigenvalue weighted by Crippen LogP contribution is 2.23. The fourth-order valence-corrected chi connectivity index (χ4v) is 4.42. The number of amides is 2. The highest BCUT2D eigenvalue weighted by atomic mass is 35.5. The van der Waals surface area contributed by atoms with Gasteiger partial charge < -0.3 is 10.2 Å². The second kappa shape index (κ2) is 12.3. The van der Waals surface area contributed by atoms with E-state index in [4.69, 9.17) is 11.6 Å². The third kappa shape index (κ3) is 7.65. The molecule has 11 heteroatoms. The summed E-state index contributed by atoms with van der Waals surface area (Å²) in [7, 11) is -1.45. The Balaban J connectivity index is 2.44. The van der Waals surface area contributed by atoms with Gasteiger partial charge in [-0.2, -0.15) is 12.7 Å². The molecule has 35 heavy (non-hydrogen) atoms. The average molecular weight is 527 g/mol. The summed E-state index contributed by atoms with van der Waals surface area (Å²) in [5.74, 6) is -1.33. The van der Waals surface area contributed by atoms with E-state index in [0.29, 0.717) is 17.1 Å². The Hall–Kier alpha value is -2.69. The Bertz CT molecular complexity index is 1130. The van der Waals surface area contributed by atoms with Crippen LogP contribution in [-0.2, 0) is 26.3 Å². The van der Waals surface area contributed by atoms with Gasteiger partial charge in [-0.15, -0.1) is 0 Å². The van der Waals surface area contributed by atoms with Crippen molar-refractivity contribution >= 4 is 39.3 Å². The van der Waals surface area contributed by atoms with Crippen LogP contribution in [-0.4, -0.2) is 62.7 Å². The minimum absolute atomic E-state index is 0.00591. The van der Waals surface area contributed by atoms with Gasteiger partial charge in [0, 0.05) is 32.2 Å². The lowest BCUT2D eigenvalue weighted by Gasteiger charge is -2.33. The predicted octanol–water partition coefficient (Wildman–Crippen LogP) is 3.28. The van der Waals surface area contributed by atoms with Gasteiger partial charge >= 0.3 is 10.2 Å². The van der Waals surface area contributed by atoms with Crippen LogP contribution < -0.4 is 9.62 Å². The first-order chi connectivity index (χ1) is 16.3. The van der Waals surface area contributed by atoms with E-state index in [1.165, 1.54) is 31.1 Å². The molecule has 0 saturated carbocycles. The standard InChI is InChI=1S/C24H32ClFN4O4S/c1-17(2)14-27-24(32)18(3)29(15-19-8-6-7-9-22(19)25)23(31)16-30(35(33,34)28(4)5)21-12-10-20(26)11-13-21/h6-13,17-18H,14-16H2,1-5H3,(H,27,32). The summed E-state index contributed by atoms with van der Waals surface area (Å²) in [5.41, 5.74) is 0.720. The van der Waals surface area contributed by atoms with Crippen molar-refractivity contribution in [3.8, 4) is 0 Å². The maximum atomic E-state index is 13.6. The van der Waals surface area contributed by atoms with Crippen LogP contribution in [0.2, 0.25) is 5.02 Å². The molecule has 2 rings (SSSR count). The van der Waals surface area contributed by atoms with Gasteiger partial charge in [0.05, 0.1) is 5.69 Å². The van der Waals surface area contributed by atoms with Crippen LogP contribution in [0.1, 0.15) is 26.3 Å². The molecule has 2 aromatic rings. The maximum Gasteiger partial charge on any atom is 0.304 e. The lowest BCUT2D eigenvalue weighted by atomic mass is 10.1. The Labute approximate surface area is 211 Å². The fourth-order valence-electron chi connectivity index (χ4n) is 3.17. The summed E-state index contributed by atoms with van der Waals surface area (Å²) in [6, 6.07) is 10.8. The van der Waals surface area contributed by atoms with Gasteiger partial charge in [0.1, 0.15) is 18.4 Å². The molecule has 8 nitrogen and oxygen atoms in total. The van der Waals surface area contributed by atoms with E-state index < -0.39 is 34.5 Å². The number of nitrogens with zero attached hydrogens (tertiary/aromatic N) is 3. The lowest BCUT2D eigenvalue weighted by molar-refractivity contribution is -0.139. The number of anilines is 1. The van der Waals surface area contributed by atoms with Crippen molar-refractivity contribution in [1.29, 1.82) is 0 Å². The van der Waals surface area contributed by atoms with Crippen molar-refractivity contribution < 1.29 is 22.4 Å². The smallest absolute Gasteiger partial charge is 0.304 e. The monoisotopic (exact) mass is 526 g/mol. The summed E-state index contributed by atoms with van der Waals surface area (Å²) in [4.78, 5) is 27.7. The van der Waals surface area contributed by atoms with E-state index in [-0.39, 0.29) is 24.1 Å². The van der Waals surface area contributed by atoms with E-state index in [0.717, 1.165) is 20.7 Å². The van der Waals surface area contributed by atoms with Crippen LogP contribution >= 0.6 is 11.6 Å². The molecule has 0 aromatic heterocycles. The van der Waals surface area contributed by atoms with E-state index in [9.17, 15) is 22.4 Å². The Kier molecular flexibility index (Phi) is 10.1. The van der Waals surface area contributed by atoms with E-state index >= 15 is 0 Å². The fraction of sp³-hybridized carbons (Fsp3) is 0.417. The first kappa shape index (κ1) is 28.5. The third-order valence-electron chi connectivity index (χ3n) is 5.28. The molecule has 0 bridgehead atoms. The summed E-state index contributed by atoms with van der Waals surface area (Å²) >= 11 is 6.30. The minimum atomic E-state index is -4.11. The summed E-state index contributed by atoms with van der Waals surface area (Å²) in [6.07, 6.45) is 0. The van der Waals surface area contributed by atoms with Crippen LogP contribution in [0.4, 0.5) is 10.1 Å². The van der Waals surface area contributed by atoms with E-state index in [2.05, 4.69) is 5.32 Å². The van der Waals surface area contributed by atoms with Gasteiger partial charge in [0.15, 0.2) is 0 Å². The highest BCUT2D eigenvalue weighted by molar-refractivity contribution is 7.90.